The zero-order chi connectivity index (χ0) is 14.6. The highest BCUT2D eigenvalue weighted by Gasteiger charge is 2.03. The number of unbranched alkanes of at least 4 members (excludes halogenated alkanes) is 1. The first-order valence-corrected chi connectivity index (χ1v) is 6.76. The molecule has 0 unspecified atom stereocenters. The molecule has 0 bridgehead atoms. The summed E-state index contributed by atoms with van der Waals surface area (Å²) < 4.78 is 16.1. The summed E-state index contributed by atoms with van der Waals surface area (Å²) in [6, 6.07) is 5.98. The highest BCUT2D eigenvalue weighted by molar-refractivity contribution is 5.35. The molecule has 0 heterocycles. The predicted molar refractivity (Wildman–Crippen MR) is 75.1 cm³/mol. The van der Waals surface area contributed by atoms with Crippen LogP contribution < -0.4 is 4.74 Å². The van der Waals surface area contributed by atoms with Gasteiger partial charge in [0.2, 0.25) is 0 Å². The Hall–Kier alpha value is -1.66. The third-order valence-electron chi connectivity index (χ3n) is 2.56. The molecule has 0 aliphatic carbocycles. The summed E-state index contributed by atoms with van der Waals surface area (Å²) in [5.74, 6) is 0.596. The van der Waals surface area contributed by atoms with Gasteiger partial charge in [0.15, 0.2) is 0 Å². The Kier molecular flexibility index (Phi) is 8.33. The Morgan fingerprint density at radius 2 is 1.60 bits per heavy atom. The van der Waals surface area contributed by atoms with Gasteiger partial charge < -0.3 is 14.2 Å². The van der Waals surface area contributed by atoms with Crippen molar-refractivity contribution >= 4 is 5.69 Å². The fourth-order valence-corrected chi connectivity index (χ4v) is 1.45. The number of non-ortho nitro benzene ring substituents is 1. The average molecular weight is 283 g/mol. The van der Waals surface area contributed by atoms with Crippen molar-refractivity contribution in [2.24, 2.45) is 0 Å². The molecule has 6 nitrogen and oxygen atoms in total. The van der Waals surface area contributed by atoms with Gasteiger partial charge in [0.05, 0.1) is 24.7 Å². The first kappa shape index (κ1) is 16.4. The normalized spacial score (nSPS) is 10.4. The first-order chi connectivity index (χ1) is 9.74. The maximum absolute atomic E-state index is 10.5. The van der Waals surface area contributed by atoms with Crippen molar-refractivity contribution in [2.45, 2.75) is 19.8 Å². The number of ether oxygens (including phenoxy) is 3. The van der Waals surface area contributed by atoms with Gasteiger partial charge in [0, 0.05) is 18.7 Å². The smallest absolute Gasteiger partial charge is 0.269 e. The molecule has 20 heavy (non-hydrogen) atoms. The maximum atomic E-state index is 10.5. The van der Waals surface area contributed by atoms with Gasteiger partial charge in [-0.05, 0) is 18.6 Å². The van der Waals surface area contributed by atoms with Crippen molar-refractivity contribution in [3.05, 3.63) is 34.4 Å². The summed E-state index contributed by atoms with van der Waals surface area (Å²) in [5, 5.41) is 10.5. The number of nitro groups is 1. The van der Waals surface area contributed by atoms with E-state index in [1.807, 2.05) is 0 Å². The fraction of sp³-hybridized carbons (Fsp3) is 0.571. The highest BCUT2D eigenvalue weighted by atomic mass is 16.6. The minimum Gasteiger partial charge on any atom is -0.491 e. The van der Waals surface area contributed by atoms with E-state index in [4.69, 9.17) is 14.2 Å². The number of nitrogens with zero attached hydrogens (tertiary/aromatic N) is 1. The van der Waals surface area contributed by atoms with E-state index in [9.17, 15) is 10.1 Å². The van der Waals surface area contributed by atoms with Gasteiger partial charge in [0.25, 0.3) is 5.69 Å². The summed E-state index contributed by atoms with van der Waals surface area (Å²) in [5.41, 5.74) is 0.0535. The minimum atomic E-state index is -0.439. The molecule has 0 spiro atoms. The van der Waals surface area contributed by atoms with Gasteiger partial charge in [-0.3, -0.25) is 10.1 Å². The van der Waals surface area contributed by atoms with Gasteiger partial charge >= 0.3 is 0 Å². The van der Waals surface area contributed by atoms with Gasteiger partial charge in [-0.15, -0.1) is 0 Å². The lowest BCUT2D eigenvalue weighted by Gasteiger charge is -2.07. The van der Waals surface area contributed by atoms with Crippen LogP contribution in [0, 0.1) is 10.1 Å². The van der Waals surface area contributed by atoms with Gasteiger partial charge in [-0.2, -0.15) is 0 Å². The van der Waals surface area contributed by atoms with E-state index in [0.29, 0.717) is 32.2 Å². The number of benzene rings is 1. The Bertz CT molecular complexity index is 380. The van der Waals surface area contributed by atoms with Crippen LogP contribution in [0.3, 0.4) is 0 Å². The van der Waals surface area contributed by atoms with Crippen LogP contribution in [-0.4, -0.2) is 38.0 Å². The molecule has 0 amide bonds. The average Bonchev–Trinajstić information content (AvgIpc) is 2.46. The molecule has 0 radical (unpaired) electrons. The van der Waals surface area contributed by atoms with Gasteiger partial charge in [-0.1, -0.05) is 13.3 Å². The van der Waals surface area contributed by atoms with Crippen LogP contribution in [-0.2, 0) is 9.47 Å². The highest BCUT2D eigenvalue weighted by Crippen LogP contribution is 2.16. The topological polar surface area (TPSA) is 70.8 Å². The van der Waals surface area contributed by atoms with Crippen molar-refractivity contribution in [3.63, 3.8) is 0 Å². The van der Waals surface area contributed by atoms with E-state index in [1.54, 1.807) is 12.1 Å². The van der Waals surface area contributed by atoms with Gasteiger partial charge in [-0.25, -0.2) is 0 Å². The van der Waals surface area contributed by atoms with Crippen molar-refractivity contribution < 1.29 is 19.1 Å². The Morgan fingerprint density at radius 3 is 2.20 bits per heavy atom. The number of nitro benzene ring substituents is 1. The zero-order valence-electron chi connectivity index (χ0n) is 11.7. The largest absolute Gasteiger partial charge is 0.491 e. The zero-order valence-corrected chi connectivity index (χ0v) is 11.7. The van der Waals surface area contributed by atoms with E-state index in [0.717, 1.165) is 19.4 Å². The molecule has 0 saturated heterocycles. The van der Waals surface area contributed by atoms with Crippen LogP contribution in [0.15, 0.2) is 24.3 Å². The second kappa shape index (κ2) is 10.2. The van der Waals surface area contributed by atoms with Crippen molar-refractivity contribution in [1.82, 2.24) is 0 Å². The van der Waals surface area contributed by atoms with Gasteiger partial charge in [0.1, 0.15) is 12.4 Å². The third kappa shape index (κ3) is 7.06. The lowest BCUT2D eigenvalue weighted by Crippen LogP contribution is -2.11. The molecular formula is C14H21NO5. The lowest BCUT2D eigenvalue weighted by molar-refractivity contribution is -0.384. The summed E-state index contributed by atoms with van der Waals surface area (Å²) in [6.45, 7) is 4.92. The van der Waals surface area contributed by atoms with Crippen LogP contribution >= 0.6 is 0 Å². The molecule has 1 aromatic carbocycles. The van der Waals surface area contributed by atoms with Crippen molar-refractivity contribution in [3.8, 4) is 5.75 Å². The molecular weight excluding hydrogens is 262 g/mol. The summed E-state index contributed by atoms with van der Waals surface area (Å²) in [7, 11) is 0. The predicted octanol–water partition coefficient (Wildman–Crippen LogP) is 2.81. The van der Waals surface area contributed by atoms with Crippen LogP contribution in [0.4, 0.5) is 5.69 Å². The molecule has 0 aromatic heterocycles. The van der Waals surface area contributed by atoms with E-state index in [2.05, 4.69) is 6.92 Å². The molecule has 0 N–H and O–H groups in total. The fourth-order valence-electron chi connectivity index (χ4n) is 1.45. The Labute approximate surface area is 118 Å². The molecule has 1 rings (SSSR count). The molecule has 0 fully saturated rings. The molecule has 0 aliphatic rings. The minimum absolute atomic E-state index is 0.0535. The SMILES string of the molecule is CCCCOCCOCCOc1ccc([N+](=O)[O-])cc1. The molecule has 6 heteroatoms. The van der Waals surface area contributed by atoms with E-state index >= 15 is 0 Å². The standard InChI is InChI=1S/C14H21NO5/c1-2-3-8-18-9-10-19-11-12-20-14-6-4-13(5-7-14)15(16)17/h4-7H,2-3,8-12H2,1H3. The van der Waals surface area contributed by atoms with Crippen LogP contribution in [0.25, 0.3) is 0 Å². The Balaban J connectivity index is 2.02. The maximum Gasteiger partial charge on any atom is 0.269 e. The van der Waals surface area contributed by atoms with Crippen molar-refractivity contribution in [2.75, 3.05) is 33.0 Å². The number of hydrogen-bond donors (Lipinski definition) is 0. The second-order valence-corrected chi connectivity index (χ2v) is 4.18. The molecule has 0 aliphatic heterocycles. The number of rotatable bonds is 11. The summed E-state index contributed by atoms with van der Waals surface area (Å²) in [6.07, 6.45) is 2.20. The first-order valence-electron chi connectivity index (χ1n) is 6.76. The quantitative estimate of drug-likeness (QED) is 0.355. The molecule has 1 aromatic rings. The van der Waals surface area contributed by atoms with Crippen LogP contribution in [0.2, 0.25) is 0 Å². The third-order valence-corrected chi connectivity index (χ3v) is 2.56. The number of hydrogen-bond acceptors (Lipinski definition) is 5. The molecule has 112 valence electrons. The second-order valence-electron chi connectivity index (χ2n) is 4.18. The van der Waals surface area contributed by atoms with E-state index in [1.165, 1.54) is 12.1 Å². The monoisotopic (exact) mass is 283 g/mol. The van der Waals surface area contributed by atoms with E-state index < -0.39 is 4.92 Å². The van der Waals surface area contributed by atoms with E-state index in [-0.39, 0.29) is 5.69 Å². The molecule has 0 saturated carbocycles. The Morgan fingerprint density at radius 1 is 1.00 bits per heavy atom. The summed E-state index contributed by atoms with van der Waals surface area (Å²) in [4.78, 5) is 10.0. The molecule has 0 atom stereocenters. The van der Waals surface area contributed by atoms with Crippen molar-refractivity contribution in [1.29, 1.82) is 0 Å². The summed E-state index contributed by atoms with van der Waals surface area (Å²) >= 11 is 0. The van der Waals surface area contributed by atoms with Crippen LogP contribution in [0.1, 0.15) is 19.8 Å². The lowest BCUT2D eigenvalue weighted by atomic mass is 10.3. The van der Waals surface area contributed by atoms with Crippen LogP contribution in [0.5, 0.6) is 5.75 Å².